The molecule has 98 valence electrons. The van der Waals surface area contributed by atoms with E-state index in [-0.39, 0.29) is 6.42 Å². The lowest BCUT2D eigenvalue weighted by Gasteiger charge is -2.24. The van der Waals surface area contributed by atoms with Gasteiger partial charge in [-0.05, 0) is 48.6 Å². The topological polar surface area (TPSA) is 78.4 Å². The largest absolute Gasteiger partial charge is 0.481 e. The van der Waals surface area contributed by atoms with Crippen LogP contribution in [0, 0.1) is 3.57 Å². The molecular weight excluding hydrogens is 347 g/mol. The molecule has 0 radical (unpaired) electrons. The van der Waals surface area contributed by atoms with E-state index >= 15 is 0 Å². The Morgan fingerprint density at radius 2 is 1.94 bits per heavy atom. The molecule has 3 N–H and O–H groups in total. The van der Waals surface area contributed by atoms with Gasteiger partial charge in [-0.3, -0.25) is 4.79 Å². The van der Waals surface area contributed by atoms with Gasteiger partial charge < -0.3 is 15.7 Å². The van der Waals surface area contributed by atoms with Crippen LogP contribution >= 0.6 is 22.6 Å². The molecule has 0 saturated heterocycles. The van der Waals surface area contributed by atoms with Crippen molar-refractivity contribution < 1.29 is 14.7 Å². The molecule has 0 bridgehead atoms. The van der Waals surface area contributed by atoms with E-state index in [1.807, 2.05) is 18.2 Å². The van der Waals surface area contributed by atoms with Crippen molar-refractivity contribution >= 4 is 40.3 Å². The third-order valence-electron chi connectivity index (χ3n) is 2.17. The molecular formula is C12H15IN2O3. The predicted octanol–water partition coefficient (Wildman–Crippen LogP) is 2.67. The third kappa shape index (κ3) is 4.91. The number of urea groups is 1. The number of carbonyl (C=O) groups excluding carboxylic acids is 1. The van der Waals surface area contributed by atoms with Crippen molar-refractivity contribution in [2.24, 2.45) is 0 Å². The van der Waals surface area contributed by atoms with Gasteiger partial charge >= 0.3 is 12.0 Å². The van der Waals surface area contributed by atoms with E-state index in [1.54, 1.807) is 19.9 Å². The van der Waals surface area contributed by atoms with Crippen LogP contribution in [0.25, 0.3) is 0 Å². The zero-order chi connectivity index (χ0) is 13.8. The summed E-state index contributed by atoms with van der Waals surface area (Å²) in [6, 6.07) is 6.94. The van der Waals surface area contributed by atoms with Crippen molar-refractivity contribution in [1.82, 2.24) is 5.32 Å². The maximum absolute atomic E-state index is 11.7. The van der Waals surface area contributed by atoms with E-state index in [0.717, 1.165) is 3.57 Å². The summed E-state index contributed by atoms with van der Waals surface area (Å²) in [6.45, 7) is 3.33. The quantitative estimate of drug-likeness (QED) is 0.721. The van der Waals surface area contributed by atoms with Crippen LogP contribution < -0.4 is 10.6 Å². The number of hydrogen-bond donors (Lipinski definition) is 3. The van der Waals surface area contributed by atoms with Gasteiger partial charge in [0.25, 0.3) is 0 Å². The summed E-state index contributed by atoms with van der Waals surface area (Å²) in [5, 5.41) is 14.0. The number of anilines is 1. The second kappa shape index (κ2) is 6.03. The number of benzene rings is 1. The Kier molecular flexibility index (Phi) is 4.94. The zero-order valence-corrected chi connectivity index (χ0v) is 12.3. The molecule has 0 aliphatic carbocycles. The summed E-state index contributed by atoms with van der Waals surface area (Å²) in [5.41, 5.74) is -0.0995. The van der Waals surface area contributed by atoms with Crippen molar-refractivity contribution in [2.75, 3.05) is 5.32 Å². The van der Waals surface area contributed by atoms with Gasteiger partial charge in [-0.15, -0.1) is 0 Å². The van der Waals surface area contributed by atoms with Crippen molar-refractivity contribution in [3.63, 3.8) is 0 Å². The normalized spacial score (nSPS) is 10.8. The van der Waals surface area contributed by atoms with Gasteiger partial charge in [0, 0.05) is 9.11 Å². The number of carboxylic acids is 1. The van der Waals surface area contributed by atoms with Crippen molar-refractivity contribution in [2.45, 2.75) is 25.8 Å². The minimum absolute atomic E-state index is 0.133. The summed E-state index contributed by atoms with van der Waals surface area (Å²) in [4.78, 5) is 22.4. The maximum atomic E-state index is 11.7. The van der Waals surface area contributed by atoms with E-state index < -0.39 is 17.5 Å². The first-order chi connectivity index (χ1) is 8.30. The molecule has 0 aliphatic rings. The van der Waals surface area contributed by atoms with Gasteiger partial charge in [-0.1, -0.05) is 12.1 Å². The molecule has 2 amide bonds. The second-order valence-corrected chi connectivity index (χ2v) is 5.68. The number of halogens is 1. The molecule has 0 spiro atoms. The number of nitrogens with one attached hydrogen (secondary N) is 2. The number of hydrogen-bond acceptors (Lipinski definition) is 2. The fourth-order valence-electron chi connectivity index (χ4n) is 1.45. The fraction of sp³-hybridized carbons (Fsp3) is 0.333. The monoisotopic (exact) mass is 362 g/mol. The first-order valence-corrected chi connectivity index (χ1v) is 6.43. The number of aliphatic carboxylic acids is 1. The van der Waals surface area contributed by atoms with Gasteiger partial charge in [0.05, 0.1) is 12.1 Å². The summed E-state index contributed by atoms with van der Waals surface area (Å²) < 4.78 is 0.918. The van der Waals surface area contributed by atoms with Crippen molar-refractivity contribution in [1.29, 1.82) is 0 Å². The molecule has 5 nitrogen and oxygen atoms in total. The summed E-state index contributed by atoms with van der Waals surface area (Å²) in [6.07, 6.45) is -0.133. The number of amides is 2. The Morgan fingerprint density at radius 1 is 1.33 bits per heavy atom. The lowest BCUT2D eigenvalue weighted by molar-refractivity contribution is -0.138. The smallest absolute Gasteiger partial charge is 0.319 e. The van der Waals surface area contributed by atoms with Crippen LogP contribution in [-0.2, 0) is 4.79 Å². The van der Waals surface area contributed by atoms with Crippen LogP contribution in [0.2, 0.25) is 0 Å². The van der Waals surface area contributed by atoms with Crippen molar-refractivity contribution in [3.8, 4) is 0 Å². The first-order valence-electron chi connectivity index (χ1n) is 5.36. The van der Waals surface area contributed by atoms with Gasteiger partial charge in [-0.2, -0.15) is 0 Å². The number of carboxylic acid groups (broad SMARTS) is 1. The molecule has 6 heteroatoms. The Balaban J connectivity index is 2.62. The van der Waals surface area contributed by atoms with Crippen LogP contribution in [0.3, 0.4) is 0 Å². The van der Waals surface area contributed by atoms with Crippen LogP contribution in [-0.4, -0.2) is 22.6 Å². The number of carbonyl (C=O) groups is 2. The summed E-state index contributed by atoms with van der Waals surface area (Å²) >= 11 is 2.11. The van der Waals surface area contributed by atoms with Crippen LogP contribution in [0.15, 0.2) is 24.3 Å². The van der Waals surface area contributed by atoms with Crippen LogP contribution in [0.4, 0.5) is 10.5 Å². The highest BCUT2D eigenvalue weighted by molar-refractivity contribution is 14.1. The van der Waals surface area contributed by atoms with E-state index in [4.69, 9.17) is 5.11 Å². The SMILES string of the molecule is CC(C)(CC(=O)O)NC(=O)Nc1ccccc1I. The average Bonchev–Trinajstić information content (AvgIpc) is 2.18. The molecule has 0 fully saturated rings. The van der Waals surface area contributed by atoms with Crippen molar-refractivity contribution in [3.05, 3.63) is 27.8 Å². The van der Waals surface area contributed by atoms with E-state index in [9.17, 15) is 9.59 Å². The van der Waals surface area contributed by atoms with Gasteiger partial charge in [0.15, 0.2) is 0 Å². The zero-order valence-electron chi connectivity index (χ0n) is 10.2. The molecule has 0 atom stereocenters. The summed E-state index contributed by atoms with van der Waals surface area (Å²) in [5.74, 6) is -0.949. The Hall–Kier alpha value is -1.31. The predicted molar refractivity (Wildman–Crippen MR) is 77.6 cm³/mol. The molecule has 1 aromatic rings. The van der Waals surface area contributed by atoms with Gasteiger partial charge in [-0.25, -0.2) is 4.79 Å². The molecule has 18 heavy (non-hydrogen) atoms. The Labute approximate surface area is 119 Å². The average molecular weight is 362 g/mol. The molecule has 0 saturated carbocycles. The minimum Gasteiger partial charge on any atom is -0.481 e. The molecule has 1 aromatic carbocycles. The number of rotatable bonds is 4. The lowest BCUT2D eigenvalue weighted by Crippen LogP contribution is -2.46. The van der Waals surface area contributed by atoms with Gasteiger partial charge in [0.1, 0.15) is 0 Å². The standard InChI is InChI=1S/C12H15IN2O3/c1-12(2,7-10(16)17)15-11(18)14-9-6-4-3-5-8(9)13/h3-6H,7H2,1-2H3,(H,16,17)(H2,14,15,18). The molecule has 0 aliphatic heterocycles. The maximum Gasteiger partial charge on any atom is 0.319 e. The molecule has 0 heterocycles. The third-order valence-corrected chi connectivity index (χ3v) is 3.11. The van der Waals surface area contributed by atoms with E-state index in [2.05, 4.69) is 33.2 Å². The van der Waals surface area contributed by atoms with Crippen LogP contribution in [0.1, 0.15) is 20.3 Å². The highest BCUT2D eigenvalue weighted by Crippen LogP contribution is 2.17. The van der Waals surface area contributed by atoms with Gasteiger partial charge in [0.2, 0.25) is 0 Å². The minimum atomic E-state index is -0.949. The molecule has 0 unspecified atom stereocenters. The number of para-hydroxylation sites is 1. The highest BCUT2D eigenvalue weighted by Gasteiger charge is 2.23. The van der Waals surface area contributed by atoms with E-state index in [0.29, 0.717) is 5.69 Å². The Bertz CT molecular complexity index is 460. The van der Waals surface area contributed by atoms with Crippen LogP contribution in [0.5, 0.6) is 0 Å². The molecule has 0 aromatic heterocycles. The van der Waals surface area contributed by atoms with E-state index in [1.165, 1.54) is 0 Å². The Morgan fingerprint density at radius 3 is 2.50 bits per heavy atom. The summed E-state index contributed by atoms with van der Waals surface area (Å²) in [7, 11) is 0. The fourth-order valence-corrected chi connectivity index (χ4v) is 1.97. The highest BCUT2D eigenvalue weighted by atomic mass is 127. The first kappa shape index (κ1) is 14.7. The second-order valence-electron chi connectivity index (χ2n) is 4.51. The molecule has 1 rings (SSSR count). The lowest BCUT2D eigenvalue weighted by atomic mass is 10.0.